The van der Waals surface area contributed by atoms with Crippen LogP contribution in [0.15, 0.2) is 0 Å². The zero-order chi connectivity index (χ0) is 38.6. The molecule has 6 rings (SSSR count). The summed E-state index contributed by atoms with van der Waals surface area (Å²) in [5.74, 6) is -0.142. The van der Waals surface area contributed by atoms with E-state index < -0.39 is 60.6 Å². The predicted octanol–water partition coefficient (Wildman–Crippen LogP) is 3.24. The highest BCUT2D eigenvalue weighted by Gasteiger charge is 2.85. The molecule has 52 heavy (non-hydrogen) atoms. The average Bonchev–Trinajstić information content (AvgIpc) is 3.61. The summed E-state index contributed by atoms with van der Waals surface area (Å²) in [6.07, 6.45) is -2.40. The van der Waals surface area contributed by atoms with Crippen LogP contribution in [-0.2, 0) is 28.5 Å². The van der Waals surface area contributed by atoms with E-state index in [0.29, 0.717) is 18.8 Å². The molecule has 0 aromatic heterocycles. The maximum Gasteiger partial charge on any atom is 0.302 e. The Morgan fingerprint density at radius 3 is 2.17 bits per heavy atom. The lowest BCUT2D eigenvalue weighted by Gasteiger charge is -2.69. The number of aliphatic hydroxyl groups excluding tert-OH is 5. The van der Waals surface area contributed by atoms with Gasteiger partial charge in [0.15, 0.2) is 6.29 Å². The first-order valence-corrected chi connectivity index (χ1v) is 19.7. The molecular formula is C40H66O12. The third-order valence-corrected chi connectivity index (χ3v) is 16.2. The smallest absolute Gasteiger partial charge is 0.302 e. The van der Waals surface area contributed by atoms with E-state index in [0.717, 1.165) is 44.9 Å². The summed E-state index contributed by atoms with van der Waals surface area (Å²) in [5, 5.41) is 65.2. The maximum atomic E-state index is 12.3. The van der Waals surface area contributed by atoms with Crippen molar-refractivity contribution in [1.29, 1.82) is 0 Å². The lowest BCUT2D eigenvalue weighted by Crippen LogP contribution is -2.68. The average molecular weight is 739 g/mol. The molecular weight excluding hydrogens is 672 g/mol. The fourth-order valence-electron chi connectivity index (χ4n) is 13.7. The molecule has 0 bridgehead atoms. The number of aliphatic hydroxyl groups is 6. The second-order valence-electron chi connectivity index (χ2n) is 19.5. The van der Waals surface area contributed by atoms with Crippen molar-refractivity contribution in [3.63, 3.8) is 0 Å². The molecule has 0 amide bonds. The Labute approximate surface area is 308 Å². The van der Waals surface area contributed by atoms with Crippen LogP contribution in [0.5, 0.6) is 0 Å². The lowest BCUT2D eigenvalue weighted by atomic mass is 9.37. The Bertz CT molecular complexity index is 1360. The van der Waals surface area contributed by atoms with Crippen molar-refractivity contribution < 1.29 is 59.2 Å². The van der Waals surface area contributed by atoms with Crippen LogP contribution in [0.2, 0.25) is 0 Å². The Kier molecular flexibility index (Phi) is 10.4. The van der Waals surface area contributed by atoms with Crippen LogP contribution in [0.3, 0.4) is 0 Å². The standard InChI is InChI=1S/C40H66O12/c1-20(16-24(43)33(47)36(6,7)48)23-10-15-40-19-39(23,40)14-11-26-37(8)13-12-28(50-22(3)42)35(4,5)27(37)17-29(38(26,40)9)52-34-32(46)31(45)30(44)25(51-34)18-49-21(2)41/h20,23-34,43-48H,10-19H2,1-9H3/t20?,23-,24?,25?,26?,27?,28?,29?,30?,31?,32?,33+,34?,37+,38-,39?,40?/m0/s1. The van der Waals surface area contributed by atoms with Crippen molar-refractivity contribution in [3.8, 4) is 0 Å². The van der Waals surface area contributed by atoms with Gasteiger partial charge in [-0.3, -0.25) is 9.59 Å². The summed E-state index contributed by atoms with van der Waals surface area (Å²) in [7, 11) is 0. The molecule has 6 N–H and O–H groups in total. The molecule has 12 nitrogen and oxygen atoms in total. The van der Waals surface area contributed by atoms with Crippen LogP contribution >= 0.6 is 0 Å². The molecule has 12 heteroatoms. The minimum absolute atomic E-state index is 0.00590. The quantitative estimate of drug-likeness (QED) is 0.142. The van der Waals surface area contributed by atoms with Gasteiger partial charge in [-0.15, -0.1) is 0 Å². The summed E-state index contributed by atoms with van der Waals surface area (Å²) in [6.45, 7) is 16.7. The molecule has 5 saturated carbocycles. The van der Waals surface area contributed by atoms with E-state index in [9.17, 15) is 40.2 Å². The Balaban J connectivity index is 1.36. The zero-order valence-corrected chi connectivity index (χ0v) is 32.7. The molecule has 5 aliphatic carbocycles. The molecule has 1 aliphatic heterocycles. The first-order chi connectivity index (χ1) is 24.0. The first-order valence-electron chi connectivity index (χ1n) is 19.7. The third kappa shape index (κ3) is 5.99. The second kappa shape index (κ2) is 13.4. The number of rotatable bonds is 10. The van der Waals surface area contributed by atoms with E-state index in [4.69, 9.17) is 18.9 Å². The van der Waals surface area contributed by atoms with Crippen LogP contribution in [0.25, 0.3) is 0 Å². The van der Waals surface area contributed by atoms with Gasteiger partial charge in [0.2, 0.25) is 0 Å². The van der Waals surface area contributed by atoms with Crippen LogP contribution in [-0.4, -0.2) is 110 Å². The highest BCUT2D eigenvalue weighted by atomic mass is 16.7. The zero-order valence-electron chi connectivity index (χ0n) is 32.7. The van der Waals surface area contributed by atoms with Crippen molar-refractivity contribution in [2.24, 2.45) is 50.7 Å². The van der Waals surface area contributed by atoms with E-state index in [1.54, 1.807) is 0 Å². The van der Waals surface area contributed by atoms with Crippen LogP contribution < -0.4 is 0 Å². The molecule has 6 aliphatic rings. The number of esters is 2. The number of carbonyl (C=O) groups is 2. The van der Waals surface area contributed by atoms with E-state index in [-0.39, 0.29) is 63.5 Å². The van der Waals surface area contributed by atoms with E-state index in [1.165, 1.54) is 27.7 Å². The summed E-state index contributed by atoms with van der Waals surface area (Å²) in [6, 6.07) is 0. The lowest BCUT2D eigenvalue weighted by molar-refractivity contribution is -0.344. The number of carbonyl (C=O) groups excluding carboxylic acids is 2. The molecule has 17 atom stereocenters. The van der Waals surface area contributed by atoms with Crippen LogP contribution in [0.4, 0.5) is 0 Å². The monoisotopic (exact) mass is 738 g/mol. The number of hydrogen-bond acceptors (Lipinski definition) is 12. The molecule has 0 radical (unpaired) electrons. The van der Waals surface area contributed by atoms with Crippen molar-refractivity contribution in [2.75, 3.05) is 6.61 Å². The topological polar surface area (TPSA) is 192 Å². The highest BCUT2D eigenvalue weighted by molar-refractivity contribution is 5.66. The SMILES string of the molecule is CC(=O)OCC1OC(OC2CC3C(C)(C)C(OC(C)=O)CC[C@]3(C)C3CCC45CC4(CC[C@H]5C(C)CC(O)[C@@H](O)C(C)(C)O)[C@]23C)C(O)C(O)C1O. The summed E-state index contributed by atoms with van der Waals surface area (Å²) >= 11 is 0. The van der Waals surface area contributed by atoms with Gasteiger partial charge in [-0.2, -0.15) is 0 Å². The normalized spacial score (nSPS) is 48.2. The largest absolute Gasteiger partial charge is 0.463 e. The van der Waals surface area contributed by atoms with Gasteiger partial charge < -0.3 is 49.6 Å². The number of fused-ring (bicyclic) bond motifs is 3. The molecule has 0 spiro atoms. The summed E-state index contributed by atoms with van der Waals surface area (Å²) in [5.41, 5.74) is -2.38. The summed E-state index contributed by atoms with van der Waals surface area (Å²) < 4.78 is 24.3. The van der Waals surface area contributed by atoms with Gasteiger partial charge in [-0.1, -0.05) is 34.6 Å². The van der Waals surface area contributed by atoms with Gasteiger partial charge >= 0.3 is 11.9 Å². The van der Waals surface area contributed by atoms with Gasteiger partial charge in [-0.25, -0.2) is 0 Å². The molecule has 6 fully saturated rings. The van der Waals surface area contributed by atoms with Crippen LogP contribution in [0, 0.1) is 50.7 Å². The van der Waals surface area contributed by atoms with Gasteiger partial charge in [0.05, 0.1) is 17.8 Å². The molecule has 1 heterocycles. The van der Waals surface area contributed by atoms with E-state index >= 15 is 0 Å². The minimum atomic E-state index is -1.58. The van der Waals surface area contributed by atoms with E-state index in [1.807, 2.05) is 0 Å². The van der Waals surface area contributed by atoms with Crippen molar-refractivity contribution in [1.82, 2.24) is 0 Å². The first kappa shape index (κ1) is 40.3. The van der Waals surface area contributed by atoms with Crippen LogP contribution in [0.1, 0.15) is 120 Å². The van der Waals surface area contributed by atoms with E-state index in [2.05, 4.69) is 34.6 Å². The molecule has 298 valence electrons. The summed E-state index contributed by atoms with van der Waals surface area (Å²) in [4.78, 5) is 23.9. The maximum absolute atomic E-state index is 12.3. The number of hydrogen-bond donors (Lipinski definition) is 6. The Morgan fingerprint density at radius 1 is 0.885 bits per heavy atom. The van der Waals surface area contributed by atoms with Gasteiger partial charge in [-0.05, 0) is 112 Å². The fourth-order valence-corrected chi connectivity index (χ4v) is 13.7. The second-order valence-corrected chi connectivity index (χ2v) is 19.5. The number of ether oxygens (including phenoxy) is 4. The third-order valence-electron chi connectivity index (χ3n) is 16.2. The molecule has 0 aromatic rings. The Morgan fingerprint density at radius 2 is 1.56 bits per heavy atom. The highest BCUT2D eigenvalue weighted by Crippen LogP contribution is 2.91. The van der Waals surface area contributed by atoms with Gasteiger partial charge in [0, 0.05) is 24.7 Å². The fraction of sp³-hybridized carbons (Fsp3) is 0.950. The van der Waals surface area contributed by atoms with Gasteiger partial charge in [0.1, 0.15) is 43.2 Å². The van der Waals surface area contributed by atoms with Gasteiger partial charge in [0.25, 0.3) is 0 Å². The molecule has 1 saturated heterocycles. The van der Waals surface area contributed by atoms with Crippen molar-refractivity contribution in [2.45, 2.75) is 181 Å². The van der Waals surface area contributed by atoms with Crippen molar-refractivity contribution >= 4 is 11.9 Å². The molecule has 0 aromatic carbocycles. The predicted molar refractivity (Wildman–Crippen MR) is 188 cm³/mol. The van der Waals surface area contributed by atoms with Crippen molar-refractivity contribution in [3.05, 3.63) is 0 Å². The Hall–Kier alpha value is -1.38. The minimum Gasteiger partial charge on any atom is -0.463 e. The molecule has 13 unspecified atom stereocenters.